The Labute approximate surface area is 104 Å². The Morgan fingerprint density at radius 1 is 1.12 bits per heavy atom. The number of carboxylic acid groups (broad SMARTS) is 1. The second kappa shape index (κ2) is 7.27. The minimum Gasteiger partial charge on any atom is -0.478 e. The minimum atomic E-state index is -2.00. The van der Waals surface area contributed by atoms with Crippen LogP contribution in [0.1, 0.15) is 27.7 Å². The molecule has 17 heavy (non-hydrogen) atoms. The zero-order chi connectivity index (χ0) is 13.5. The van der Waals surface area contributed by atoms with E-state index in [-0.39, 0.29) is 6.61 Å². The van der Waals surface area contributed by atoms with Crippen LogP contribution >= 0.6 is 0 Å². The average Bonchev–Trinajstić information content (AvgIpc) is 2.30. The summed E-state index contributed by atoms with van der Waals surface area (Å²) in [5.41, 5.74) is 0. The summed E-state index contributed by atoms with van der Waals surface area (Å²) in [6, 6.07) is 2.58. The van der Waals surface area contributed by atoms with Crippen molar-refractivity contribution in [1.29, 1.82) is 0 Å². The molecule has 0 aromatic heterocycles. The maximum atomic E-state index is 11.9. The Morgan fingerprint density at radius 2 is 1.59 bits per heavy atom. The molecule has 0 aliphatic rings. The number of aliphatic carboxylic acids is 1. The van der Waals surface area contributed by atoms with Gasteiger partial charge >= 0.3 is 11.9 Å². The summed E-state index contributed by atoms with van der Waals surface area (Å²) >= 11 is 0. The summed E-state index contributed by atoms with van der Waals surface area (Å²) < 4.78 is 4.98. The van der Waals surface area contributed by atoms with Crippen molar-refractivity contribution in [3.8, 4) is 0 Å². The molecule has 0 unspecified atom stereocenters. The molecule has 0 aliphatic carbocycles. The van der Waals surface area contributed by atoms with Crippen molar-refractivity contribution < 1.29 is 19.4 Å². The van der Waals surface area contributed by atoms with Crippen LogP contribution in [-0.4, -0.2) is 31.7 Å². The van der Waals surface area contributed by atoms with Gasteiger partial charge in [-0.3, -0.25) is 0 Å². The van der Waals surface area contributed by atoms with Gasteiger partial charge in [0.05, 0.1) is 14.7 Å². The molecular weight excluding hydrogens is 236 g/mol. The highest BCUT2D eigenvalue weighted by Crippen LogP contribution is 2.29. The van der Waals surface area contributed by atoms with Crippen LogP contribution in [0.25, 0.3) is 0 Å². The van der Waals surface area contributed by atoms with Gasteiger partial charge in [0.15, 0.2) is 0 Å². The summed E-state index contributed by atoms with van der Waals surface area (Å²) in [7, 11) is -2.00. The third kappa shape index (κ3) is 4.00. The molecule has 0 heterocycles. The van der Waals surface area contributed by atoms with Crippen molar-refractivity contribution in [2.75, 3.05) is 6.61 Å². The van der Waals surface area contributed by atoms with E-state index >= 15 is 0 Å². The van der Waals surface area contributed by atoms with E-state index in [4.69, 9.17) is 9.84 Å². The van der Waals surface area contributed by atoms with Crippen LogP contribution in [0.4, 0.5) is 0 Å². The van der Waals surface area contributed by atoms with E-state index in [0.29, 0.717) is 5.20 Å². The molecule has 0 saturated carbocycles. The van der Waals surface area contributed by atoms with Crippen LogP contribution in [0.15, 0.2) is 11.3 Å². The normalized spacial score (nSPS) is 12.4. The fourth-order valence-corrected chi connectivity index (χ4v) is 5.66. The molecule has 0 aliphatic heterocycles. The number of ether oxygens (including phenoxy) is 1. The third-order valence-electron chi connectivity index (χ3n) is 3.36. The lowest BCUT2D eigenvalue weighted by molar-refractivity contribution is -0.138. The molecule has 0 spiro atoms. The fraction of sp³-hybridized carbons (Fsp3) is 0.667. The first kappa shape index (κ1) is 15.9. The zero-order valence-electron chi connectivity index (χ0n) is 11.1. The number of hydrogen-bond donors (Lipinski definition) is 1. The van der Waals surface area contributed by atoms with Crippen LogP contribution < -0.4 is 0 Å². The molecule has 4 nitrogen and oxygen atoms in total. The summed E-state index contributed by atoms with van der Waals surface area (Å²) in [4.78, 5) is 22.7. The molecule has 0 aromatic carbocycles. The summed E-state index contributed by atoms with van der Waals surface area (Å²) in [6.45, 7) is 8.07. The Hall–Kier alpha value is -1.10. The van der Waals surface area contributed by atoms with Crippen LogP contribution in [0.3, 0.4) is 0 Å². The van der Waals surface area contributed by atoms with E-state index in [1.165, 1.54) is 0 Å². The molecule has 0 aromatic rings. The monoisotopic (exact) mass is 258 g/mol. The largest absolute Gasteiger partial charge is 0.478 e. The number of hydrogen-bond acceptors (Lipinski definition) is 3. The van der Waals surface area contributed by atoms with Gasteiger partial charge < -0.3 is 9.84 Å². The van der Waals surface area contributed by atoms with Gasteiger partial charge in [0.25, 0.3) is 0 Å². The van der Waals surface area contributed by atoms with Crippen LogP contribution in [0, 0.1) is 0 Å². The molecule has 0 rings (SSSR count). The fourth-order valence-electron chi connectivity index (χ4n) is 2.08. The number of carboxylic acids is 1. The molecule has 0 fully saturated rings. The Morgan fingerprint density at radius 3 is 1.88 bits per heavy atom. The molecule has 0 radical (unpaired) electrons. The molecule has 0 amide bonds. The topological polar surface area (TPSA) is 63.6 Å². The molecule has 5 heteroatoms. The van der Waals surface area contributed by atoms with Crippen molar-refractivity contribution in [3.05, 3.63) is 11.3 Å². The molecule has 0 atom stereocenters. The second-order valence-electron chi connectivity index (χ2n) is 3.96. The first-order chi connectivity index (χ1) is 7.97. The Balaban J connectivity index is 5.43. The van der Waals surface area contributed by atoms with E-state index in [0.717, 1.165) is 24.2 Å². The number of rotatable bonds is 7. The molecule has 98 valence electrons. The highest BCUT2D eigenvalue weighted by atomic mass is 28.3. The lowest BCUT2D eigenvalue weighted by Crippen LogP contribution is -2.39. The first-order valence-electron chi connectivity index (χ1n) is 6.09. The van der Waals surface area contributed by atoms with E-state index in [1.54, 1.807) is 6.92 Å². The van der Waals surface area contributed by atoms with Crippen LogP contribution in [0.5, 0.6) is 0 Å². The predicted octanol–water partition coefficient (Wildman–Crippen LogP) is 2.61. The maximum absolute atomic E-state index is 11.9. The van der Waals surface area contributed by atoms with Crippen molar-refractivity contribution >= 4 is 20.0 Å². The van der Waals surface area contributed by atoms with Crippen molar-refractivity contribution in [2.45, 2.75) is 45.8 Å². The number of esters is 1. The van der Waals surface area contributed by atoms with Gasteiger partial charge in [-0.1, -0.05) is 38.9 Å². The average molecular weight is 258 g/mol. The highest BCUT2D eigenvalue weighted by molar-refractivity contribution is 6.90. The Bertz CT molecular complexity index is 297. The van der Waals surface area contributed by atoms with E-state index in [9.17, 15) is 9.59 Å². The van der Waals surface area contributed by atoms with Crippen molar-refractivity contribution in [2.24, 2.45) is 0 Å². The maximum Gasteiger partial charge on any atom is 0.330 e. The second-order valence-corrected chi connectivity index (χ2v) is 9.18. The smallest absolute Gasteiger partial charge is 0.330 e. The molecule has 0 saturated heterocycles. The molecule has 1 N–H and O–H groups in total. The number of carbonyl (C=O) groups excluding carboxylic acids is 1. The van der Waals surface area contributed by atoms with Gasteiger partial charge in [-0.15, -0.1) is 0 Å². The predicted molar refractivity (Wildman–Crippen MR) is 69.5 cm³/mol. The van der Waals surface area contributed by atoms with E-state index < -0.39 is 20.0 Å². The Kier molecular flexibility index (Phi) is 6.80. The van der Waals surface area contributed by atoms with Crippen LogP contribution in [0.2, 0.25) is 18.1 Å². The zero-order valence-corrected chi connectivity index (χ0v) is 12.1. The molecule has 0 bridgehead atoms. The SMILES string of the molecule is CCOC(=O)/C(=C\C(=O)O)[Si](CC)(CC)CC. The van der Waals surface area contributed by atoms with Gasteiger partial charge in [-0.2, -0.15) is 0 Å². The van der Waals surface area contributed by atoms with Crippen molar-refractivity contribution in [3.63, 3.8) is 0 Å². The summed E-state index contributed by atoms with van der Waals surface area (Å²) in [5, 5.41) is 9.31. The standard InChI is InChI=1S/C12H22O4Si/c1-5-16-12(15)10(9-11(13)14)17(6-2,7-3)8-4/h9H,5-8H2,1-4H3,(H,13,14)/b10-9+. The lowest BCUT2D eigenvalue weighted by Gasteiger charge is -2.29. The van der Waals surface area contributed by atoms with Gasteiger partial charge in [0.2, 0.25) is 0 Å². The quantitative estimate of drug-likeness (QED) is 0.433. The first-order valence-corrected chi connectivity index (χ1v) is 8.71. The lowest BCUT2D eigenvalue weighted by atomic mass is 10.5. The van der Waals surface area contributed by atoms with Crippen molar-refractivity contribution in [1.82, 2.24) is 0 Å². The molecular formula is C12H22O4Si. The van der Waals surface area contributed by atoms with Gasteiger partial charge in [0, 0.05) is 11.3 Å². The van der Waals surface area contributed by atoms with Crippen LogP contribution in [-0.2, 0) is 14.3 Å². The number of carbonyl (C=O) groups is 2. The van der Waals surface area contributed by atoms with Gasteiger partial charge in [-0.05, 0) is 6.92 Å². The van der Waals surface area contributed by atoms with Gasteiger partial charge in [0.1, 0.15) is 0 Å². The van der Waals surface area contributed by atoms with Gasteiger partial charge in [-0.25, -0.2) is 9.59 Å². The summed E-state index contributed by atoms with van der Waals surface area (Å²) in [6.07, 6.45) is 1.06. The third-order valence-corrected chi connectivity index (χ3v) is 8.92. The summed E-state index contributed by atoms with van der Waals surface area (Å²) in [5.74, 6) is -1.52. The minimum absolute atomic E-state index is 0.275. The highest BCUT2D eigenvalue weighted by Gasteiger charge is 2.37. The van der Waals surface area contributed by atoms with E-state index in [2.05, 4.69) is 0 Å². The van der Waals surface area contributed by atoms with E-state index in [1.807, 2.05) is 20.8 Å².